The van der Waals surface area contributed by atoms with Gasteiger partial charge in [-0.2, -0.15) is 18.3 Å². The molecule has 1 amide bonds. The molecule has 0 unspecified atom stereocenters. The number of hydrogen-bond donors (Lipinski definition) is 2. The molecule has 0 fully saturated rings. The van der Waals surface area contributed by atoms with E-state index in [-0.39, 0.29) is 38.7 Å². The fourth-order valence-electron chi connectivity index (χ4n) is 3.57. The van der Waals surface area contributed by atoms with Crippen molar-refractivity contribution in [2.45, 2.75) is 24.7 Å². The number of rotatable bonds is 4. The highest BCUT2D eigenvalue weighted by molar-refractivity contribution is 6.44. The number of methoxy groups -OCH3 is 1. The maximum atomic E-state index is 13.9. The molecule has 1 aliphatic rings. The maximum Gasteiger partial charge on any atom is 0.410 e. The van der Waals surface area contributed by atoms with Gasteiger partial charge in [-0.1, -0.05) is 53.0 Å². The van der Waals surface area contributed by atoms with Gasteiger partial charge in [0.25, 0.3) is 5.91 Å². The summed E-state index contributed by atoms with van der Waals surface area (Å²) in [5.41, 5.74) is 0.401. The number of fused-ring (bicyclic) bond motifs is 1. The van der Waals surface area contributed by atoms with Crippen molar-refractivity contribution >= 4 is 52.2 Å². The number of alkyl halides is 3. The molecule has 2 aromatic carbocycles. The molecule has 4 rings (SSSR count). The molecule has 2 N–H and O–H groups in total. The normalized spacial score (nSPS) is 17.8. The zero-order valence-electron chi connectivity index (χ0n) is 16.9. The number of benzene rings is 2. The Morgan fingerprint density at radius 2 is 1.85 bits per heavy atom. The predicted octanol–water partition coefficient (Wildman–Crippen LogP) is 6.76. The van der Waals surface area contributed by atoms with Gasteiger partial charge in [0.1, 0.15) is 16.6 Å². The predicted molar refractivity (Wildman–Crippen MR) is 121 cm³/mol. The Kier molecular flexibility index (Phi) is 6.39. The summed E-state index contributed by atoms with van der Waals surface area (Å²) in [4.78, 5) is 12.8. The molecule has 2 heterocycles. The highest BCUT2D eigenvalue weighted by Gasteiger charge is 2.47. The molecule has 6 nitrogen and oxygen atoms in total. The van der Waals surface area contributed by atoms with Crippen LogP contribution in [0.5, 0.6) is 5.75 Å². The van der Waals surface area contributed by atoms with Gasteiger partial charge in [0.2, 0.25) is 0 Å². The molecule has 174 valence electrons. The van der Waals surface area contributed by atoms with E-state index >= 15 is 0 Å². The average molecular weight is 520 g/mol. The van der Waals surface area contributed by atoms with E-state index in [0.717, 1.165) is 0 Å². The summed E-state index contributed by atoms with van der Waals surface area (Å²) in [6.45, 7) is 0. The number of hydrogen-bond acceptors (Lipinski definition) is 4. The summed E-state index contributed by atoms with van der Waals surface area (Å²) in [7, 11) is 1.50. The third-order valence-corrected chi connectivity index (χ3v) is 6.41. The first-order chi connectivity index (χ1) is 15.6. The minimum atomic E-state index is -4.62. The van der Waals surface area contributed by atoms with Gasteiger partial charge in [-0.15, -0.1) is 0 Å². The van der Waals surface area contributed by atoms with Crippen LogP contribution >= 0.6 is 34.8 Å². The number of aromatic nitrogens is 2. The van der Waals surface area contributed by atoms with Gasteiger partial charge in [0, 0.05) is 6.42 Å². The monoisotopic (exact) mass is 518 g/mol. The fraction of sp³-hybridized carbons (Fsp3) is 0.238. The second-order valence-corrected chi connectivity index (χ2v) is 8.44. The van der Waals surface area contributed by atoms with Crippen molar-refractivity contribution in [3.05, 3.63) is 68.8 Å². The van der Waals surface area contributed by atoms with Gasteiger partial charge in [0.15, 0.2) is 11.7 Å². The van der Waals surface area contributed by atoms with E-state index in [2.05, 4.69) is 15.7 Å². The molecule has 0 bridgehead atoms. The van der Waals surface area contributed by atoms with Crippen LogP contribution < -0.4 is 15.4 Å². The minimum Gasteiger partial charge on any atom is -0.497 e. The largest absolute Gasteiger partial charge is 0.497 e. The molecule has 0 spiro atoms. The highest BCUT2D eigenvalue weighted by atomic mass is 35.5. The summed E-state index contributed by atoms with van der Waals surface area (Å²) >= 11 is 18.4. The van der Waals surface area contributed by atoms with Crippen LogP contribution in [-0.4, -0.2) is 29.0 Å². The summed E-state index contributed by atoms with van der Waals surface area (Å²) in [5.74, 6) is -0.355. The summed E-state index contributed by atoms with van der Waals surface area (Å²) < 4.78 is 47.6. The van der Waals surface area contributed by atoms with Crippen LogP contribution in [0.25, 0.3) is 0 Å². The van der Waals surface area contributed by atoms with Crippen LogP contribution in [0.15, 0.2) is 42.5 Å². The molecule has 1 aliphatic heterocycles. The van der Waals surface area contributed by atoms with Gasteiger partial charge in [-0.25, -0.2) is 4.68 Å². The Balaban J connectivity index is 1.70. The molecule has 1 aromatic heterocycles. The molecule has 0 radical (unpaired) electrons. The van der Waals surface area contributed by atoms with Crippen molar-refractivity contribution in [2.75, 3.05) is 17.7 Å². The SMILES string of the molecule is COc1ccc([C@H]2C[C@@H](C(F)(F)F)n3nc(C(=O)Nc4cccc(Cl)c4Cl)c(Cl)c3N2)cc1. The van der Waals surface area contributed by atoms with Gasteiger partial charge in [-0.05, 0) is 29.8 Å². The third-order valence-electron chi connectivity index (χ3n) is 5.23. The van der Waals surface area contributed by atoms with Gasteiger partial charge >= 0.3 is 6.18 Å². The lowest BCUT2D eigenvalue weighted by Crippen LogP contribution is -2.35. The lowest BCUT2D eigenvalue weighted by molar-refractivity contribution is -0.173. The van der Waals surface area contributed by atoms with Crippen molar-refractivity contribution < 1.29 is 22.7 Å². The van der Waals surface area contributed by atoms with E-state index in [1.165, 1.54) is 19.2 Å². The van der Waals surface area contributed by atoms with Gasteiger partial charge < -0.3 is 15.4 Å². The lowest BCUT2D eigenvalue weighted by atomic mass is 9.97. The molecule has 2 atom stereocenters. The Morgan fingerprint density at radius 3 is 2.48 bits per heavy atom. The van der Waals surface area contributed by atoms with Gasteiger partial charge in [-0.3, -0.25) is 4.79 Å². The molecule has 0 aliphatic carbocycles. The first-order valence-corrected chi connectivity index (χ1v) is 10.7. The molecular weight excluding hydrogens is 504 g/mol. The first-order valence-electron chi connectivity index (χ1n) is 9.60. The number of nitrogens with zero attached hydrogens (tertiary/aromatic N) is 2. The summed E-state index contributed by atoms with van der Waals surface area (Å²) in [6.07, 6.45) is -4.97. The second-order valence-electron chi connectivity index (χ2n) is 7.27. The Hall–Kier alpha value is -2.62. The molecular formula is C21H16Cl3F3N4O2. The number of nitrogens with one attached hydrogen (secondary N) is 2. The lowest BCUT2D eigenvalue weighted by Gasteiger charge is -2.33. The van der Waals surface area contributed by atoms with Crippen LogP contribution in [-0.2, 0) is 0 Å². The van der Waals surface area contributed by atoms with Crippen LogP contribution in [0.4, 0.5) is 24.7 Å². The summed E-state index contributed by atoms with van der Waals surface area (Å²) in [5, 5.41) is 9.41. The molecule has 0 saturated heterocycles. The molecule has 3 aromatic rings. The maximum absolute atomic E-state index is 13.9. The van der Waals surface area contributed by atoms with E-state index in [9.17, 15) is 18.0 Å². The van der Waals surface area contributed by atoms with Crippen LogP contribution in [0, 0.1) is 0 Å². The van der Waals surface area contributed by atoms with Crippen LogP contribution in [0.1, 0.15) is 34.6 Å². The van der Waals surface area contributed by atoms with Crippen molar-refractivity contribution in [1.29, 1.82) is 0 Å². The van der Waals surface area contributed by atoms with Crippen molar-refractivity contribution in [1.82, 2.24) is 9.78 Å². The fourth-order valence-corrected chi connectivity index (χ4v) is 4.18. The Bertz CT molecular complexity index is 1200. The molecule has 33 heavy (non-hydrogen) atoms. The second kappa shape index (κ2) is 8.96. The standard InChI is InChI=1S/C21H16Cl3F3N4O2/c1-33-11-7-5-10(6-8-11)14-9-15(21(25,26)27)31-19(28-14)17(24)18(30-31)20(32)29-13-4-2-3-12(22)16(13)23/h2-8,14-15,28H,9H2,1H3,(H,29,32)/t14-,15+/m1/s1. The number of anilines is 2. The molecule has 0 saturated carbocycles. The first kappa shape index (κ1) is 23.5. The number of amides is 1. The number of carbonyl (C=O) groups excluding carboxylic acids is 1. The van der Waals surface area contributed by atoms with E-state index in [4.69, 9.17) is 39.5 Å². The van der Waals surface area contributed by atoms with Crippen molar-refractivity contribution in [3.8, 4) is 5.75 Å². The zero-order valence-corrected chi connectivity index (χ0v) is 19.1. The van der Waals surface area contributed by atoms with Gasteiger partial charge in [0.05, 0.1) is 28.9 Å². The Morgan fingerprint density at radius 1 is 1.15 bits per heavy atom. The number of halogens is 6. The van der Waals surface area contributed by atoms with Crippen molar-refractivity contribution in [3.63, 3.8) is 0 Å². The molecule has 12 heteroatoms. The van der Waals surface area contributed by atoms with Crippen LogP contribution in [0.3, 0.4) is 0 Å². The Labute approximate surface area is 201 Å². The summed E-state index contributed by atoms with van der Waals surface area (Å²) in [6, 6.07) is 8.51. The topological polar surface area (TPSA) is 68.2 Å². The number of carbonyl (C=O) groups is 1. The number of ether oxygens (including phenoxy) is 1. The quantitative estimate of drug-likeness (QED) is 0.399. The van der Waals surface area contributed by atoms with E-state index in [1.54, 1.807) is 30.3 Å². The average Bonchev–Trinajstić information content (AvgIpc) is 3.12. The van der Waals surface area contributed by atoms with Crippen molar-refractivity contribution in [2.24, 2.45) is 0 Å². The van der Waals surface area contributed by atoms with E-state index in [0.29, 0.717) is 16.0 Å². The smallest absolute Gasteiger partial charge is 0.410 e. The van der Waals surface area contributed by atoms with Crippen LogP contribution in [0.2, 0.25) is 15.1 Å². The van der Waals surface area contributed by atoms with E-state index in [1.807, 2.05) is 0 Å². The van der Waals surface area contributed by atoms with E-state index < -0.39 is 24.2 Å². The minimum absolute atomic E-state index is 0.0819. The highest BCUT2D eigenvalue weighted by Crippen LogP contribution is 2.46. The third kappa shape index (κ3) is 4.58. The zero-order chi connectivity index (χ0) is 23.9.